The van der Waals surface area contributed by atoms with Crippen LogP contribution in [0.25, 0.3) is 10.9 Å². The van der Waals surface area contributed by atoms with Crippen LogP contribution in [0.4, 0.5) is 5.69 Å². The first-order valence-corrected chi connectivity index (χ1v) is 8.92. The first-order chi connectivity index (χ1) is 13.3. The summed E-state index contributed by atoms with van der Waals surface area (Å²) in [4.78, 5) is 4.66. The van der Waals surface area contributed by atoms with Crippen molar-refractivity contribution >= 4 is 16.6 Å². The highest BCUT2D eigenvalue weighted by Crippen LogP contribution is 2.28. The fraction of sp³-hybridized carbons (Fsp3) is 0.0870. The van der Waals surface area contributed by atoms with E-state index in [1.54, 1.807) is 5.01 Å². The number of ether oxygens (including phenoxy) is 1. The minimum Gasteiger partial charge on any atom is -0.485 e. The van der Waals surface area contributed by atoms with E-state index in [-0.39, 0.29) is 0 Å². The van der Waals surface area contributed by atoms with Gasteiger partial charge in [0.15, 0.2) is 0 Å². The highest BCUT2D eigenvalue weighted by Gasteiger charge is 2.10. The minimum atomic E-state index is 0.390. The number of hydrogen-bond donors (Lipinski definition) is 1. The predicted molar refractivity (Wildman–Crippen MR) is 109 cm³/mol. The number of pyridine rings is 1. The normalized spacial score (nSPS) is 10.7. The van der Waals surface area contributed by atoms with Crippen molar-refractivity contribution in [2.45, 2.75) is 13.2 Å². The van der Waals surface area contributed by atoms with Gasteiger partial charge in [-0.3, -0.25) is 0 Å². The Kier molecular flexibility index (Phi) is 4.99. The molecule has 0 saturated heterocycles. The second-order valence-electron chi connectivity index (χ2n) is 6.37. The number of rotatable bonds is 6. The lowest BCUT2D eigenvalue weighted by atomic mass is 10.2. The van der Waals surface area contributed by atoms with Crippen molar-refractivity contribution in [3.8, 4) is 5.75 Å². The molecule has 0 fully saturated rings. The summed E-state index contributed by atoms with van der Waals surface area (Å²) < 4.78 is 6.05. The molecule has 0 amide bonds. The Bertz CT molecular complexity index is 1030. The maximum atomic E-state index is 6.31. The smallest absolute Gasteiger partial charge is 0.144 e. The zero-order valence-electron chi connectivity index (χ0n) is 15.0. The topological polar surface area (TPSA) is 51.4 Å². The van der Waals surface area contributed by atoms with E-state index < -0.39 is 0 Å². The van der Waals surface area contributed by atoms with Crippen LogP contribution in [0.2, 0.25) is 0 Å². The number of hydrogen-bond acceptors (Lipinski definition) is 4. The van der Waals surface area contributed by atoms with Gasteiger partial charge < -0.3 is 9.75 Å². The highest BCUT2D eigenvalue weighted by molar-refractivity contribution is 5.78. The lowest BCUT2D eigenvalue weighted by molar-refractivity contribution is 0.302. The van der Waals surface area contributed by atoms with Crippen molar-refractivity contribution in [2.75, 3.05) is 5.01 Å². The molecule has 4 rings (SSSR count). The van der Waals surface area contributed by atoms with Gasteiger partial charge in [0.1, 0.15) is 12.4 Å². The van der Waals surface area contributed by atoms with E-state index in [0.29, 0.717) is 13.2 Å². The van der Waals surface area contributed by atoms with E-state index in [2.05, 4.69) is 29.2 Å². The van der Waals surface area contributed by atoms with E-state index in [1.807, 2.05) is 66.7 Å². The Morgan fingerprint density at radius 3 is 2.41 bits per heavy atom. The van der Waals surface area contributed by atoms with E-state index in [9.17, 15) is 0 Å². The summed E-state index contributed by atoms with van der Waals surface area (Å²) >= 11 is 0. The van der Waals surface area contributed by atoms with Gasteiger partial charge in [-0.15, -0.1) is 0 Å². The third kappa shape index (κ3) is 4.07. The Labute approximate surface area is 158 Å². The van der Waals surface area contributed by atoms with Crippen molar-refractivity contribution < 1.29 is 4.74 Å². The quantitative estimate of drug-likeness (QED) is 0.402. The number of anilines is 1. The van der Waals surface area contributed by atoms with Crippen LogP contribution in [0.3, 0.4) is 0 Å². The molecule has 134 valence electrons. The number of nitrogens with two attached hydrogens (primary N) is 1. The van der Waals surface area contributed by atoms with Crippen LogP contribution in [-0.4, -0.2) is 4.98 Å². The van der Waals surface area contributed by atoms with Crippen LogP contribution in [0.1, 0.15) is 11.3 Å². The van der Waals surface area contributed by atoms with Gasteiger partial charge in [-0.2, -0.15) is 0 Å². The molecule has 0 aliphatic heterocycles. The number of para-hydroxylation sites is 3. The number of hydrazine groups is 1. The first-order valence-electron chi connectivity index (χ1n) is 8.92. The second-order valence-corrected chi connectivity index (χ2v) is 6.37. The summed E-state index contributed by atoms with van der Waals surface area (Å²) in [6.07, 6.45) is 0. The fourth-order valence-corrected chi connectivity index (χ4v) is 3.02. The zero-order chi connectivity index (χ0) is 18.5. The fourth-order valence-electron chi connectivity index (χ4n) is 3.02. The first kappa shape index (κ1) is 17.1. The van der Waals surface area contributed by atoms with Gasteiger partial charge in [0.2, 0.25) is 0 Å². The molecule has 1 aromatic heterocycles. The molecular formula is C23H21N3O. The number of nitrogens with zero attached hydrogens (tertiary/aromatic N) is 2. The number of fused-ring (bicyclic) bond motifs is 1. The summed E-state index contributed by atoms with van der Waals surface area (Å²) in [5.74, 6) is 7.05. The molecule has 0 atom stereocenters. The van der Waals surface area contributed by atoms with Gasteiger partial charge in [-0.05, 0) is 29.8 Å². The van der Waals surface area contributed by atoms with Crippen LogP contribution < -0.4 is 15.6 Å². The van der Waals surface area contributed by atoms with E-state index >= 15 is 0 Å². The molecule has 2 N–H and O–H groups in total. The zero-order valence-corrected chi connectivity index (χ0v) is 15.0. The lowest BCUT2D eigenvalue weighted by Gasteiger charge is -2.22. The van der Waals surface area contributed by atoms with Crippen molar-refractivity contribution in [3.63, 3.8) is 0 Å². The van der Waals surface area contributed by atoms with Crippen molar-refractivity contribution in [1.29, 1.82) is 0 Å². The van der Waals surface area contributed by atoms with Crippen molar-refractivity contribution in [2.24, 2.45) is 5.84 Å². The van der Waals surface area contributed by atoms with E-state index in [0.717, 1.165) is 33.6 Å². The molecule has 0 spiro atoms. The summed E-state index contributed by atoms with van der Waals surface area (Å²) in [7, 11) is 0. The molecule has 0 aliphatic rings. The Hall–Kier alpha value is -3.37. The Morgan fingerprint density at radius 1 is 0.778 bits per heavy atom. The Balaban J connectivity index is 1.50. The SMILES string of the molecule is NN(Cc1ccccc1)c1ccccc1OCc1ccc2ccccc2n1. The van der Waals surface area contributed by atoms with Gasteiger partial charge in [-0.25, -0.2) is 10.8 Å². The number of aromatic nitrogens is 1. The van der Waals surface area contributed by atoms with Gasteiger partial charge in [0.25, 0.3) is 0 Å². The summed E-state index contributed by atoms with van der Waals surface area (Å²) in [5.41, 5.74) is 3.85. The van der Waals surface area contributed by atoms with Gasteiger partial charge >= 0.3 is 0 Å². The van der Waals surface area contributed by atoms with E-state index in [1.165, 1.54) is 0 Å². The summed E-state index contributed by atoms with van der Waals surface area (Å²) in [6.45, 7) is 0.996. The van der Waals surface area contributed by atoms with Crippen LogP contribution in [-0.2, 0) is 13.2 Å². The molecule has 27 heavy (non-hydrogen) atoms. The highest BCUT2D eigenvalue weighted by atomic mass is 16.5. The molecule has 1 heterocycles. The molecule has 3 aromatic carbocycles. The average Bonchev–Trinajstić information content (AvgIpc) is 2.73. The van der Waals surface area contributed by atoms with Gasteiger partial charge in [0, 0.05) is 5.39 Å². The number of benzene rings is 3. The monoisotopic (exact) mass is 355 g/mol. The van der Waals surface area contributed by atoms with Gasteiger partial charge in [0.05, 0.1) is 23.4 Å². The average molecular weight is 355 g/mol. The minimum absolute atomic E-state index is 0.390. The maximum absolute atomic E-state index is 6.31. The molecular weight excluding hydrogens is 334 g/mol. The molecule has 4 heteroatoms. The maximum Gasteiger partial charge on any atom is 0.144 e. The standard InChI is InChI=1S/C23H21N3O/c24-26(16-18-8-2-1-3-9-18)22-12-6-7-13-23(22)27-17-20-15-14-19-10-4-5-11-21(19)25-20/h1-15H,16-17,24H2. The Morgan fingerprint density at radius 2 is 1.52 bits per heavy atom. The van der Waals surface area contributed by atoms with E-state index in [4.69, 9.17) is 10.6 Å². The van der Waals surface area contributed by atoms with Gasteiger partial charge in [-0.1, -0.05) is 66.7 Å². The second kappa shape index (κ2) is 7.89. The predicted octanol–water partition coefficient (Wildman–Crippen LogP) is 4.69. The van der Waals surface area contributed by atoms with Crippen LogP contribution in [0.15, 0.2) is 91.0 Å². The molecule has 4 nitrogen and oxygen atoms in total. The molecule has 4 aromatic rings. The lowest BCUT2D eigenvalue weighted by Crippen LogP contribution is -2.30. The molecule has 0 radical (unpaired) electrons. The summed E-state index contributed by atoms with van der Waals surface area (Å²) in [5, 5.41) is 2.83. The van der Waals surface area contributed by atoms with Crippen molar-refractivity contribution in [1.82, 2.24) is 4.98 Å². The third-order valence-corrected chi connectivity index (χ3v) is 4.40. The van der Waals surface area contributed by atoms with Crippen molar-refractivity contribution in [3.05, 3.63) is 102 Å². The molecule has 0 bridgehead atoms. The van der Waals surface area contributed by atoms with Crippen LogP contribution in [0, 0.1) is 0 Å². The molecule has 0 saturated carbocycles. The van der Waals surface area contributed by atoms with Crippen LogP contribution in [0.5, 0.6) is 5.75 Å². The third-order valence-electron chi connectivity index (χ3n) is 4.40. The summed E-state index contributed by atoms with van der Waals surface area (Å²) in [6, 6.07) is 30.1. The molecule has 0 unspecified atom stereocenters. The molecule has 0 aliphatic carbocycles. The largest absolute Gasteiger partial charge is 0.485 e. The van der Waals surface area contributed by atoms with Crippen LogP contribution >= 0.6 is 0 Å².